The van der Waals surface area contributed by atoms with Gasteiger partial charge in [-0.1, -0.05) is 29.3 Å². The summed E-state index contributed by atoms with van der Waals surface area (Å²) in [5.41, 5.74) is 0.904. The maximum absolute atomic E-state index is 12.1. The monoisotopic (exact) mass is 362 g/mol. The summed E-state index contributed by atoms with van der Waals surface area (Å²) < 4.78 is 5.68. The average molecular weight is 363 g/mol. The quantitative estimate of drug-likeness (QED) is 0.500. The van der Waals surface area contributed by atoms with Crippen molar-refractivity contribution >= 4 is 41.2 Å². The number of benzene rings is 1. The van der Waals surface area contributed by atoms with E-state index in [2.05, 4.69) is 11.9 Å². The Morgan fingerprint density at radius 3 is 2.67 bits per heavy atom. The van der Waals surface area contributed by atoms with Crippen molar-refractivity contribution in [3.05, 3.63) is 64.5 Å². The number of imide groups is 1. The Balaban J connectivity index is 1.86. The molecule has 3 rings (SSSR count). The molecule has 1 fully saturated rings. The lowest BCUT2D eigenvalue weighted by atomic mass is 10.2. The molecule has 1 aromatic heterocycles. The molecule has 0 spiro atoms. The summed E-state index contributed by atoms with van der Waals surface area (Å²) in [6, 6.07) is 8.09. The van der Waals surface area contributed by atoms with Crippen LogP contribution in [0.5, 0.6) is 0 Å². The van der Waals surface area contributed by atoms with Crippen LogP contribution in [0.3, 0.4) is 0 Å². The third kappa shape index (κ3) is 3.09. The van der Waals surface area contributed by atoms with Gasteiger partial charge in [-0.05, 0) is 30.3 Å². The molecule has 122 valence electrons. The van der Waals surface area contributed by atoms with Crippen LogP contribution in [0.4, 0.5) is 4.79 Å². The molecule has 0 bridgehead atoms. The van der Waals surface area contributed by atoms with Crippen LogP contribution in [-0.2, 0) is 4.79 Å². The summed E-state index contributed by atoms with van der Waals surface area (Å²) in [5, 5.41) is 3.38. The van der Waals surface area contributed by atoms with E-state index in [4.69, 9.17) is 27.6 Å². The van der Waals surface area contributed by atoms with Gasteiger partial charge in [0.25, 0.3) is 5.91 Å². The fourth-order valence-corrected chi connectivity index (χ4v) is 2.54. The van der Waals surface area contributed by atoms with Crippen LogP contribution in [-0.4, -0.2) is 23.4 Å². The first-order valence-corrected chi connectivity index (χ1v) is 7.76. The summed E-state index contributed by atoms with van der Waals surface area (Å²) >= 11 is 11.9. The van der Waals surface area contributed by atoms with E-state index in [0.29, 0.717) is 21.6 Å². The minimum absolute atomic E-state index is 0.148. The first kappa shape index (κ1) is 16.4. The molecule has 0 unspecified atom stereocenters. The second-order valence-electron chi connectivity index (χ2n) is 5.02. The molecule has 1 aliphatic rings. The van der Waals surface area contributed by atoms with E-state index in [-0.39, 0.29) is 12.2 Å². The first-order valence-electron chi connectivity index (χ1n) is 7.00. The second-order valence-corrected chi connectivity index (χ2v) is 5.84. The summed E-state index contributed by atoms with van der Waals surface area (Å²) in [6.07, 6.45) is 2.96. The van der Waals surface area contributed by atoms with Gasteiger partial charge < -0.3 is 9.73 Å². The molecular weight excluding hydrogens is 351 g/mol. The Bertz CT molecular complexity index is 870. The van der Waals surface area contributed by atoms with Crippen LogP contribution in [0.25, 0.3) is 17.4 Å². The number of carbonyl (C=O) groups is 2. The highest BCUT2D eigenvalue weighted by Gasteiger charge is 2.32. The molecule has 1 saturated heterocycles. The molecule has 0 saturated carbocycles. The number of furan rings is 1. The second kappa shape index (κ2) is 6.55. The number of nitrogens with one attached hydrogen (secondary N) is 1. The van der Waals surface area contributed by atoms with Crippen LogP contribution < -0.4 is 5.32 Å². The Kier molecular flexibility index (Phi) is 4.46. The van der Waals surface area contributed by atoms with E-state index in [9.17, 15) is 9.59 Å². The van der Waals surface area contributed by atoms with Crippen molar-refractivity contribution in [1.82, 2.24) is 10.2 Å². The van der Waals surface area contributed by atoms with Gasteiger partial charge in [0.05, 0.1) is 10.0 Å². The van der Waals surface area contributed by atoms with Gasteiger partial charge in [0.1, 0.15) is 17.2 Å². The maximum atomic E-state index is 12.1. The predicted octanol–water partition coefficient (Wildman–Crippen LogP) is 4.33. The number of hydrogen-bond acceptors (Lipinski definition) is 3. The van der Waals surface area contributed by atoms with Crippen molar-refractivity contribution in [2.24, 2.45) is 0 Å². The van der Waals surface area contributed by atoms with Crippen molar-refractivity contribution in [3.8, 4) is 11.3 Å². The third-order valence-electron chi connectivity index (χ3n) is 3.39. The van der Waals surface area contributed by atoms with Crippen molar-refractivity contribution in [2.75, 3.05) is 6.54 Å². The topological polar surface area (TPSA) is 62.6 Å². The smallest absolute Gasteiger partial charge is 0.329 e. The van der Waals surface area contributed by atoms with E-state index in [0.717, 1.165) is 10.5 Å². The van der Waals surface area contributed by atoms with Crippen LogP contribution in [0.1, 0.15) is 5.76 Å². The number of rotatable bonds is 4. The van der Waals surface area contributed by atoms with Crippen LogP contribution >= 0.6 is 23.2 Å². The van der Waals surface area contributed by atoms with Crippen molar-refractivity contribution in [2.45, 2.75) is 0 Å². The Morgan fingerprint density at radius 1 is 1.17 bits per heavy atom. The largest absolute Gasteiger partial charge is 0.457 e. The van der Waals surface area contributed by atoms with Gasteiger partial charge in [-0.15, -0.1) is 6.58 Å². The average Bonchev–Trinajstić information content (AvgIpc) is 3.11. The molecule has 2 aromatic rings. The van der Waals surface area contributed by atoms with E-state index in [1.807, 2.05) is 0 Å². The van der Waals surface area contributed by atoms with Gasteiger partial charge in [-0.25, -0.2) is 4.79 Å². The molecule has 5 nitrogen and oxygen atoms in total. The number of hydrogen-bond donors (Lipinski definition) is 1. The molecule has 1 aliphatic heterocycles. The number of halogens is 2. The summed E-state index contributed by atoms with van der Waals surface area (Å²) in [5.74, 6) is 0.577. The van der Waals surface area contributed by atoms with Crippen LogP contribution in [0.15, 0.2) is 53.1 Å². The molecule has 0 aliphatic carbocycles. The van der Waals surface area contributed by atoms with Gasteiger partial charge in [0, 0.05) is 18.2 Å². The summed E-state index contributed by atoms with van der Waals surface area (Å²) in [7, 11) is 0. The fourth-order valence-electron chi connectivity index (χ4n) is 2.24. The molecule has 0 radical (unpaired) electrons. The Labute approximate surface area is 148 Å². The number of amides is 3. The van der Waals surface area contributed by atoms with Gasteiger partial charge >= 0.3 is 6.03 Å². The zero-order valence-electron chi connectivity index (χ0n) is 12.4. The maximum Gasteiger partial charge on any atom is 0.329 e. The SMILES string of the molecule is C=CCN1C(=O)N/C(=C\c2ccc(-c3ccc(Cl)c(Cl)c3)o2)C1=O. The third-order valence-corrected chi connectivity index (χ3v) is 4.13. The van der Waals surface area contributed by atoms with Crippen molar-refractivity contribution < 1.29 is 14.0 Å². The molecule has 3 amide bonds. The predicted molar refractivity (Wildman–Crippen MR) is 92.6 cm³/mol. The summed E-state index contributed by atoms with van der Waals surface area (Å²) in [6.45, 7) is 3.67. The fraction of sp³-hybridized carbons (Fsp3) is 0.0588. The standard InChI is InChI=1S/C17H12Cl2N2O3/c1-2-7-21-16(22)14(20-17(21)23)9-11-4-6-15(24-11)10-3-5-12(18)13(19)8-10/h2-6,8-9H,1,7H2,(H,20,23)/b14-9-. The minimum atomic E-state index is -0.484. The number of urea groups is 1. The van der Waals surface area contributed by atoms with Crippen molar-refractivity contribution in [3.63, 3.8) is 0 Å². The zero-order valence-corrected chi connectivity index (χ0v) is 13.9. The van der Waals surface area contributed by atoms with E-state index in [1.54, 1.807) is 30.3 Å². The highest BCUT2D eigenvalue weighted by Crippen LogP contribution is 2.30. The van der Waals surface area contributed by atoms with E-state index >= 15 is 0 Å². The lowest BCUT2D eigenvalue weighted by molar-refractivity contribution is -0.122. The lowest BCUT2D eigenvalue weighted by Crippen LogP contribution is -2.30. The number of nitrogens with zero attached hydrogens (tertiary/aromatic N) is 1. The van der Waals surface area contributed by atoms with Crippen LogP contribution in [0, 0.1) is 0 Å². The molecule has 7 heteroatoms. The molecular formula is C17H12Cl2N2O3. The highest BCUT2D eigenvalue weighted by atomic mass is 35.5. The van der Waals surface area contributed by atoms with E-state index in [1.165, 1.54) is 12.2 Å². The van der Waals surface area contributed by atoms with Crippen molar-refractivity contribution in [1.29, 1.82) is 0 Å². The number of carbonyl (C=O) groups excluding carboxylic acids is 2. The minimum Gasteiger partial charge on any atom is -0.457 e. The summed E-state index contributed by atoms with van der Waals surface area (Å²) in [4.78, 5) is 24.9. The van der Waals surface area contributed by atoms with Gasteiger partial charge in [0.15, 0.2) is 0 Å². The van der Waals surface area contributed by atoms with Gasteiger partial charge in [-0.3, -0.25) is 9.69 Å². The normalized spacial score (nSPS) is 15.9. The molecule has 0 atom stereocenters. The Morgan fingerprint density at radius 2 is 1.96 bits per heavy atom. The first-order chi connectivity index (χ1) is 11.5. The molecule has 1 aromatic carbocycles. The zero-order chi connectivity index (χ0) is 17.3. The Hall–Kier alpha value is -2.50. The van der Waals surface area contributed by atoms with E-state index < -0.39 is 11.9 Å². The lowest BCUT2D eigenvalue weighted by Gasteiger charge is -2.06. The van der Waals surface area contributed by atoms with Gasteiger partial charge in [0.2, 0.25) is 0 Å². The molecule has 24 heavy (non-hydrogen) atoms. The van der Waals surface area contributed by atoms with Crippen LogP contribution in [0.2, 0.25) is 10.0 Å². The molecule has 1 N–H and O–H groups in total. The molecule has 2 heterocycles. The highest BCUT2D eigenvalue weighted by molar-refractivity contribution is 6.42. The van der Waals surface area contributed by atoms with Gasteiger partial charge in [-0.2, -0.15) is 0 Å².